The lowest BCUT2D eigenvalue weighted by Gasteiger charge is -2.22. The van der Waals surface area contributed by atoms with E-state index >= 15 is 0 Å². The van der Waals surface area contributed by atoms with E-state index in [2.05, 4.69) is 11.4 Å². The molecule has 2 aromatic carbocycles. The van der Waals surface area contributed by atoms with Crippen molar-refractivity contribution in [1.82, 2.24) is 5.32 Å². The zero-order valence-corrected chi connectivity index (χ0v) is 15.9. The molecule has 2 aromatic rings. The van der Waals surface area contributed by atoms with E-state index in [1.807, 2.05) is 18.2 Å². The van der Waals surface area contributed by atoms with Gasteiger partial charge in [0.15, 0.2) is 0 Å². The fourth-order valence-electron chi connectivity index (χ4n) is 3.53. The zero-order valence-electron chi connectivity index (χ0n) is 15.1. The number of halogens is 2. The lowest BCUT2D eigenvalue weighted by atomic mass is 9.96. The van der Waals surface area contributed by atoms with Crippen molar-refractivity contribution in [3.8, 4) is 5.75 Å². The summed E-state index contributed by atoms with van der Waals surface area (Å²) >= 11 is 6.09. The normalized spacial score (nSPS) is 16.1. The van der Waals surface area contributed by atoms with E-state index in [9.17, 15) is 4.39 Å². The van der Waals surface area contributed by atoms with Crippen LogP contribution in [0.3, 0.4) is 0 Å². The van der Waals surface area contributed by atoms with Crippen LogP contribution in [0.1, 0.15) is 56.1 Å². The minimum atomic E-state index is -0.331. The van der Waals surface area contributed by atoms with Crippen LogP contribution in [-0.4, -0.2) is 6.04 Å². The van der Waals surface area contributed by atoms with Gasteiger partial charge in [-0.25, -0.2) is 4.39 Å². The van der Waals surface area contributed by atoms with Crippen LogP contribution in [0.5, 0.6) is 5.75 Å². The molecule has 0 amide bonds. The fraction of sp³-hybridized carbons (Fsp3) is 0.455. The summed E-state index contributed by atoms with van der Waals surface area (Å²) in [4.78, 5) is 0. The topological polar surface area (TPSA) is 21.3 Å². The number of benzene rings is 2. The molecule has 1 aliphatic rings. The predicted octanol–water partition coefficient (Wildman–Crippen LogP) is 6.26. The van der Waals surface area contributed by atoms with Crippen molar-refractivity contribution < 1.29 is 9.13 Å². The number of hydrogen-bond acceptors (Lipinski definition) is 2. The second kappa shape index (κ2) is 9.94. The van der Waals surface area contributed by atoms with Crippen LogP contribution < -0.4 is 10.1 Å². The average Bonchev–Trinajstić information content (AvgIpc) is 2.61. The Labute approximate surface area is 160 Å². The molecule has 4 heteroatoms. The number of rotatable bonds is 6. The Morgan fingerprint density at radius 1 is 0.962 bits per heavy atom. The van der Waals surface area contributed by atoms with E-state index in [0.29, 0.717) is 16.6 Å². The Kier molecular flexibility index (Phi) is 7.33. The largest absolute Gasteiger partial charge is 0.488 e. The maximum absolute atomic E-state index is 13.9. The van der Waals surface area contributed by atoms with E-state index in [1.165, 1.54) is 51.0 Å². The van der Waals surface area contributed by atoms with Crippen LogP contribution in [0.4, 0.5) is 4.39 Å². The highest BCUT2D eigenvalue weighted by atomic mass is 35.5. The van der Waals surface area contributed by atoms with Crippen molar-refractivity contribution in [2.75, 3.05) is 0 Å². The minimum Gasteiger partial charge on any atom is -0.488 e. The summed E-state index contributed by atoms with van der Waals surface area (Å²) in [5.74, 6) is 0.452. The van der Waals surface area contributed by atoms with Crippen LogP contribution in [0.15, 0.2) is 42.5 Å². The Bertz CT molecular complexity index is 678. The molecule has 0 bridgehead atoms. The summed E-state index contributed by atoms with van der Waals surface area (Å²) < 4.78 is 19.8. The molecule has 26 heavy (non-hydrogen) atoms. The highest BCUT2D eigenvalue weighted by Crippen LogP contribution is 2.24. The highest BCUT2D eigenvalue weighted by Gasteiger charge is 2.13. The average molecular weight is 376 g/mol. The molecule has 0 aromatic heterocycles. The zero-order chi connectivity index (χ0) is 18.2. The van der Waals surface area contributed by atoms with Gasteiger partial charge in [0.1, 0.15) is 18.2 Å². The fourth-order valence-corrected chi connectivity index (χ4v) is 3.74. The third-order valence-corrected chi connectivity index (χ3v) is 5.45. The van der Waals surface area contributed by atoms with Gasteiger partial charge in [-0.2, -0.15) is 0 Å². The highest BCUT2D eigenvalue weighted by molar-refractivity contribution is 6.31. The van der Waals surface area contributed by atoms with Gasteiger partial charge < -0.3 is 10.1 Å². The van der Waals surface area contributed by atoms with E-state index in [-0.39, 0.29) is 12.4 Å². The van der Waals surface area contributed by atoms with Crippen LogP contribution in [0, 0.1) is 5.82 Å². The molecule has 0 spiro atoms. The van der Waals surface area contributed by atoms with Crippen LogP contribution in [-0.2, 0) is 13.2 Å². The molecule has 0 heterocycles. The summed E-state index contributed by atoms with van der Waals surface area (Å²) in [7, 11) is 0. The maximum atomic E-state index is 13.9. The van der Waals surface area contributed by atoms with Gasteiger partial charge >= 0.3 is 0 Å². The second-order valence-electron chi connectivity index (χ2n) is 7.02. The lowest BCUT2D eigenvalue weighted by molar-refractivity contribution is 0.294. The first-order valence-corrected chi connectivity index (χ1v) is 9.99. The molecule has 1 N–H and O–H groups in total. The van der Waals surface area contributed by atoms with E-state index < -0.39 is 0 Å². The molecule has 0 radical (unpaired) electrons. The van der Waals surface area contributed by atoms with Gasteiger partial charge in [0, 0.05) is 23.7 Å². The van der Waals surface area contributed by atoms with Gasteiger partial charge in [-0.15, -0.1) is 0 Å². The van der Waals surface area contributed by atoms with Gasteiger partial charge in [0.05, 0.1) is 5.02 Å². The van der Waals surface area contributed by atoms with E-state index in [0.717, 1.165) is 17.9 Å². The molecule has 0 unspecified atom stereocenters. The molecule has 0 aliphatic heterocycles. The van der Waals surface area contributed by atoms with Crippen molar-refractivity contribution in [3.63, 3.8) is 0 Å². The summed E-state index contributed by atoms with van der Waals surface area (Å²) in [5.41, 5.74) is 1.50. The first-order valence-electron chi connectivity index (χ1n) is 9.61. The Hall–Kier alpha value is -1.58. The summed E-state index contributed by atoms with van der Waals surface area (Å²) in [6.45, 7) is 0.901. The van der Waals surface area contributed by atoms with Crippen molar-refractivity contribution in [2.24, 2.45) is 0 Å². The first kappa shape index (κ1) is 19.2. The van der Waals surface area contributed by atoms with E-state index in [4.69, 9.17) is 16.3 Å². The third-order valence-electron chi connectivity index (χ3n) is 5.09. The molecule has 1 fully saturated rings. The van der Waals surface area contributed by atoms with Gasteiger partial charge in [0.2, 0.25) is 0 Å². The molecule has 0 saturated heterocycles. The molecule has 140 valence electrons. The Morgan fingerprint density at radius 2 is 1.69 bits per heavy atom. The van der Waals surface area contributed by atoms with Crippen LogP contribution >= 0.6 is 11.6 Å². The first-order chi connectivity index (χ1) is 12.7. The lowest BCUT2D eigenvalue weighted by Crippen LogP contribution is -2.29. The number of nitrogens with one attached hydrogen (secondary N) is 1. The van der Waals surface area contributed by atoms with Crippen LogP contribution in [0.2, 0.25) is 5.02 Å². The van der Waals surface area contributed by atoms with Gasteiger partial charge in [-0.05, 0) is 31.0 Å². The standard InChI is InChI=1S/C22H27ClFNO/c23-20-12-8-13-21(24)19(20)16-26-22-14-7-6-9-17(22)15-25-18-10-4-2-1-3-5-11-18/h6-9,12-14,18,25H,1-5,10-11,15-16H2. The Balaban J connectivity index is 1.60. The number of para-hydroxylation sites is 1. The van der Waals surface area contributed by atoms with Gasteiger partial charge in [0.25, 0.3) is 0 Å². The molecular weight excluding hydrogens is 349 g/mol. The number of ether oxygens (including phenoxy) is 1. The van der Waals surface area contributed by atoms with Crippen molar-refractivity contribution in [2.45, 2.75) is 64.1 Å². The van der Waals surface area contributed by atoms with E-state index in [1.54, 1.807) is 12.1 Å². The quantitative estimate of drug-likeness (QED) is 0.643. The summed E-state index contributed by atoms with van der Waals surface area (Å²) in [6.07, 6.45) is 9.18. The summed E-state index contributed by atoms with van der Waals surface area (Å²) in [6, 6.07) is 13.2. The predicted molar refractivity (Wildman–Crippen MR) is 105 cm³/mol. The van der Waals surface area contributed by atoms with Crippen LogP contribution in [0.25, 0.3) is 0 Å². The monoisotopic (exact) mass is 375 g/mol. The maximum Gasteiger partial charge on any atom is 0.131 e. The minimum absolute atomic E-state index is 0.131. The smallest absolute Gasteiger partial charge is 0.131 e. The molecule has 3 rings (SSSR count). The molecule has 1 saturated carbocycles. The van der Waals surface area contributed by atoms with Crippen molar-refractivity contribution >= 4 is 11.6 Å². The SMILES string of the molecule is Fc1cccc(Cl)c1COc1ccccc1CNC1CCCCCCC1. The third kappa shape index (κ3) is 5.46. The molecule has 0 atom stereocenters. The molecule has 2 nitrogen and oxygen atoms in total. The van der Waals surface area contributed by atoms with Gasteiger partial charge in [-0.1, -0.05) is 68.0 Å². The van der Waals surface area contributed by atoms with Crippen molar-refractivity contribution in [1.29, 1.82) is 0 Å². The Morgan fingerprint density at radius 3 is 2.46 bits per heavy atom. The number of hydrogen-bond donors (Lipinski definition) is 1. The molecule has 1 aliphatic carbocycles. The summed E-state index contributed by atoms with van der Waals surface area (Å²) in [5, 5.41) is 4.09. The van der Waals surface area contributed by atoms with Crippen molar-refractivity contribution in [3.05, 3.63) is 64.4 Å². The van der Waals surface area contributed by atoms with Gasteiger partial charge in [-0.3, -0.25) is 0 Å². The second-order valence-corrected chi connectivity index (χ2v) is 7.43. The molecular formula is C22H27ClFNO.